The summed E-state index contributed by atoms with van der Waals surface area (Å²) in [6.45, 7) is 19.4. The van der Waals surface area contributed by atoms with Gasteiger partial charge in [-0.15, -0.1) is 0 Å². The lowest BCUT2D eigenvalue weighted by Gasteiger charge is -2.35. The molecule has 32 heavy (non-hydrogen) atoms. The summed E-state index contributed by atoms with van der Waals surface area (Å²) in [7, 11) is 0. The number of likely N-dealkylation sites (tertiary alicyclic amines) is 1. The Morgan fingerprint density at radius 2 is 1.69 bits per heavy atom. The monoisotopic (exact) mass is 444 g/mol. The Labute approximate surface area is 200 Å². The number of allylic oxidation sites excluding steroid dienone is 4. The summed E-state index contributed by atoms with van der Waals surface area (Å²) in [5.41, 5.74) is 5.13. The molecule has 0 saturated carbocycles. The van der Waals surface area contributed by atoms with E-state index in [1.165, 1.54) is 75.0 Å². The summed E-state index contributed by atoms with van der Waals surface area (Å²) >= 11 is 0. The van der Waals surface area contributed by atoms with Gasteiger partial charge in [0.15, 0.2) is 5.78 Å². The fourth-order valence-electron chi connectivity index (χ4n) is 5.08. The molecule has 0 atom stereocenters. The maximum atomic E-state index is 12.3. The standard InChI is InChI=1S/C27H46N2O.C2H6/c1-6-10-13-23-14-18-28(19-15-23)16-11-17-29-21-26(22(5)30)25(12-7-2)20-27(29)24(8-3)9-4;1-2/h12,21,23H,6-11,13-20H2,1-5H3;1-2H3/b25-12+;. The SMILES string of the molecule is CC.CC/C=C1\CC(=C(CC)CC)N(CCCN2CCC(CCCC)CC2)C=C1C(C)=O. The number of carbonyl (C=O) groups excluding carboxylic acids is 1. The summed E-state index contributed by atoms with van der Waals surface area (Å²) in [5.74, 6) is 1.15. The Morgan fingerprint density at radius 1 is 1.03 bits per heavy atom. The minimum absolute atomic E-state index is 0.197. The summed E-state index contributed by atoms with van der Waals surface area (Å²) in [6.07, 6.45) is 16.6. The Kier molecular flexibility index (Phi) is 14.6. The Morgan fingerprint density at radius 3 is 2.22 bits per heavy atom. The fourth-order valence-corrected chi connectivity index (χ4v) is 5.08. The quantitative estimate of drug-likeness (QED) is 0.323. The van der Waals surface area contributed by atoms with Crippen molar-refractivity contribution < 1.29 is 4.79 Å². The lowest BCUT2D eigenvalue weighted by molar-refractivity contribution is -0.113. The molecule has 1 fully saturated rings. The normalized spacial score (nSPS) is 19.0. The smallest absolute Gasteiger partial charge is 0.161 e. The van der Waals surface area contributed by atoms with Crippen LogP contribution in [0.5, 0.6) is 0 Å². The van der Waals surface area contributed by atoms with E-state index < -0.39 is 0 Å². The number of unbranched alkanes of at least 4 members (excludes halogenated alkanes) is 1. The zero-order chi connectivity index (χ0) is 23.9. The predicted molar refractivity (Wildman–Crippen MR) is 141 cm³/mol. The Hall–Kier alpha value is -1.35. The van der Waals surface area contributed by atoms with E-state index >= 15 is 0 Å². The molecule has 0 amide bonds. The Bertz CT molecular complexity index is 630. The molecular formula is C29H52N2O. The summed E-state index contributed by atoms with van der Waals surface area (Å²) in [6, 6.07) is 0. The number of hydrogen-bond donors (Lipinski definition) is 0. The first kappa shape index (κ1) is 28.7. The maximum absolute atomic E-state index is 12.3. The van der Waals surface area contributed by atoms with Crippen molar-refractivity contribution in [3.8, 4) is 0 Å². The van der Waals surface area contributed by atoms with Crippen LogP contribution in [0.4, 0.5) is 0 Å². The molecule has 0 aromatic heterocycles. The van der Waals surface area contributed by atoms with Gasteiger partial charge in [-0.1, -0.05) is 72.5 Å². The van der Waals surface area contributed by atoms with Gasteiger partial charge in [0, 0.05) is 30.4 Å². The van der Waals surface area contributed by atoms with Crippen molar-refractivity contribution in [2.45, 2.75) is 113 Å². The number of piperidine rings is 1. The third-order valence-corrected chi connectivity index (χ3v) is 6.97. The molecule has 3 nitrogen and oxygen atoms in total. The molecule has 0 aromatic carbocycles. The van der Waals surface area contributed by atoms with E-state index in [9.17, 15) is 4.79 Å². The third-order valence-electron chi connectivity index (χ3n) is 6.97. The van der Waals surface area contributed by atoms with Crippen molar-refractivity contribution in [3.63, 3.8) is 0 Å². The van der Waals surface area contributed by atoms with Gasteiger partial charge in [-0.3, -0.25) is 4.79 Å². The van der Waals surface area contributed by atoms with E-state index in [4.69, 9.17) is 0 Å². The first-order chi connectivity index (χ1) is 15.5. The van der Waals surface area contributed by atoms with Gasteiger partial charge < -0.3 is 9.80 Å². The van der Waals surface area contributed by atoms with Crippen molar-refractivity contribution in [1.29, 1.82) is 0 Å². The molecule has 1 saturated heterocycles. The van der Waals surface area contributed by atoms with Crippen molar-refractivity contribution >= 4 is 5.78 Å². The zero-order valence-corrected chi connectivity index (χ0v) is 22.4. The minimum atomic E-state index is 0.197. The molecule has 0 bridgehead atoms. The molecule has 0 radical (unpaired) electrons. The molecule has 3 heteroatoms. The number of nitrogens with zero attached hydrogens (tertiary/aromatic N) is 2. The van der Waals surface area contributed by atoms with Crippen LogP contribution in [-0.4, -0.2) is 41.8 Å². The van der Waals surface area contributed by atoms with E-state index in [-0.39, 0.29) is 5.78 Å². The second kappa shape index (κ2) is 16.3. The lowest BCUT2D eigenvalue weighted by Crippen LogP contribution is -2.36. The minimum Gasteiger partial charge on any atom is -0.350 e. The van der Waals surface area contributed by atoms with E-state index in [1.807, 2.05) is 13.8 Å². The number of ketones is 1. The van der Waals surface area contributed by atoms with Gasteiger partial charge >= 0.3 is 0 Å². The number of carbonyl (C=O) groups is 1. The lowest BCUT2D eigenvalue weighted by atomic mass is 9.90. The number of Topliss-reactive ketones (excluding diaryl/α,β-unsaturated/α-hetero) is 1. The second-order valence-electron chi connectivity index (χ2n) is 9.14. The van der Waals surface area contributed by atoms with Crippen LogP contribution in [0.1, 0.15) is 113 Å². The van der Waals surface area contributed by atoms with E-state index in [1.54, 1.807) is 6.92 Å². The summed E-state index contributed by atoms with van der Waals surface area (Å²) < 4.78 is 0. The van der Waals surface area contributed by atoms with Gasteiger partial charge in [0.1, 0.15) is 0 Å². The topological polar surface area (TPSA) is 23.6 Å². The van der Waals surface area contributed by atoms with Gasteiger partial charge in [0.05, 0.1) is 0 Å². The van der Waals surface area contributed by atoms with Crippen LogP contribution >= 0.6 is 0 Å². The third kappa shape index (κ3) is 8.89. The van der Waals surface area contributed by atoms with Crippen LogP contribution in [0.25, 0.3) is 0 Å². The molecule has 0 unspecified atom stereocenters. The van der Waals surface area contributed by atoms with Gasteiger partial charge in [-0.2, -0.15) is 0 Å². The van der Waals surface area contributed by atoms with Crippen LogP contribution in [-0.2, 0) is 4.79 Å². The van der Waals surface area contributed by atoms with Crippen molar-refractivity contribution in [2.75, 3.05) is 26.2 Å². The van der Waals surface area contributed by atoms with Crippen LogP contribution < -0.4 is 0 Å². The highest BCUT2D eigenvalue weighted by atomic mass is 16.1. The molecular weight excluding hydrogens is 392 g/mol. The molecule has 2 heterocycles. The summed E-state index contributed by atoms with van der Waals surface area (Å²) in [5, 5.41) is 0. The number of hydrogen-bond acceptors (Lipinski definition) is 3. The number of rotatable bonds is 11. The molecule has 0 aliphatic carbocycles. The van der Waals surface area contributed by atoms with Gasteiger partial charge in [0.25, 0.3) is 0 Å². The Balaban J connectivity index is 0.00000249. The molecule has 0 spiro atoms. The van der Waals surface area contributed by atoms with E-state index in [0.717, 1.165) is 43.7 Å². The van der Waals surface area contributed by atoms with Crippen LogP contribution in [0.2, 0.25) is 0 Å². The fraction of sp³-hybridized carbons (Fsp3) is 0.759. The largest absolute Gasteiger partial charge is 0.350 e. The second-order valence-corrected chi connectivity index (χ2v) is 9.14. The molecule has 2 aliphatic heterocycles. The molecule has 2 aliphatic rings. The van der Waals surface area contributed by atoms with Crippen LogP contribution in [0.3, 0.4) is 0 Å². The van der Waals surface area contributed by atoms with E-state index in [0.29, 0.717) is 0 Å². The van der Waals surface area contributed by atoms with Crippen LogP contribution in [0.15, 0.2) is 34.7 Å². The highest BCUT2D eigenvalue weighted by molar-refractivity contribution is 5.98. The maximum Gasteiger partial charge on any atom is 0.161 e. The van der Waals surface area contributed by atoms with Crippen LogP contribution in [0, 0.1) is 5.92 Å². The highest BCUT2D eigenvalue weighted by Crippen LogP contribution is 2.33. The molecule has 2 rings (SSSR count). The van der Waals surface area contributed by atoms with Crippen molar-refractivity contribution in [1.82, 2.24) is 9.80 Å². The van der Waals surface area contributed by atoms with Crippen molar-refractivity contribution in [3.05, 3.63) is 34.7 Å². The molecule has 0 aromatic rings. The van der Waals surface area contributed by atoms with Gasteiger partial charge in [-0.05, 0) is 76.6 Å². The van der Waals surface area contributed by atoms with E-state index in [2.05, 4.69) is 49.8 Å². The first-order valence-corrected chi connectivity index (χ1v) is 13.7. The van der Waals surface area contributed by atoms with Gasteiger partial charge in [-0.25, -0.2) is 0 Å². The molecule has 184 valence electrons. The zero-order valence-electron chi connectivity index (χ0n) is 22.4. The average molecular weight is 445 g/mol. The average Bonchev–Trinajstić information content (AvgIpc) is 2.81. The first-order valence-electron chi connectivity index (χ1n) is 13.7. The molecule has 0 N–H and O–H groups in total. The highest BCUT2D eigenvalue weighted by Gasteiger charge is 2.24. The predicted octanol–water partition coefficient (Wildman–Crippen LogP) is 7.89. The summed E-state index contributed by atoms with van der Waals surface area (Å²) in [4.78, 5) is 17.4. The van der Waals surface area contributed by atoms with Crippen molar-refractivity contribution in [2.24, 2.45) is 5.92 Å². The van der Waals surface area contributed by atoms with Gasteiger partial charge in [0.2, 0.25) is 0 Å².